The van der Waals surface area contributed by atoms with Crippen LogP contribution >= 0.6 is 0 Å². The number of alkyl halides is 3. The van der Waals surface area contributed by atoms with E-state index in [0.29, 0.717) is 5.69 Å². The number of esters is 1. The normalized spacial score (nSPS) is 11.2. The van der Waals surface area contributed by atoms with Crippen molar-refractivity contribution < 1.29 is 27.5 Å². The van der Waals surface area contributed by atoms with E-state index < -0.39 is 29.2 Å². The molecule has 1 heterocycles. The number of aromatic nitrogens is 2. The summed E-state index contributed by atoms with van der Waals surface area (Å²) in [6.07, 6.45) is -3.52. The number of hydrogen-bond donors (Lipinski definition) is 1. The monoisotopic (exact) mass is 403 g/mol. The fourth-order valence-electron chi connectivity index (χ4n) is 2.70. The molecule has 0 aliphatic carbocycles. The number of halogens is 3. The maximum absolute atomic E-state index is 13.3. The molecule has 0 saturated heterocycles. The van der Waals surface area contributed by atoms with E-state index in [1.807, 2.05) is 0 Å². The number of amides is 1. The standard InChI is InChI=1S/C20H16F3N3O3/c1-2-29-19(28)15-12-24-26(13-8-4-3-5-9-13)17(15)25-18(27)14-10-6-7-11-16(14)20(21,22)23/h3-12H,2H2,1H3,(H,25,27). The molecule has 2 aromatic carbocycles. The topological polar surface area (TPSA) is 73.2 Å². The Bertz CT molecular complexity index is 1030. The Balaban J connectivity index is 2.05. The van der Waals surface area contributed by atoms with Gasteiger partial charge < -0.3 is 10.1 Å². The zero-order chi connectivity index (χ0) is 21.0. The fraction of sp³-hybridized carbons (Fsp3) is 0.150. The first-order valence-corrected chi connectivity index (χ1v) is 8.61. The SMILES string of the molecule is CCOC(=O)c1cnn(-c2ccccc2)c1NC(=O)c1ccccc1C(F)(F)F. The Labute approximate surface area is 163 Å². The Morgan fingerprint density at radius 3 is 2.34 bits per heavy atom. The number of benzene rings is 2. The summed E-state index contributed by atoms with van der Waals surface area (Å²) in [6.45, 7) is 1.69. The van der Waals surface area contributed by atoms with Crippen LogP contribution in [-0.4, -0.2) is 28.3 Å². The van der Waals surface area contributed by atoms with Gasteiger partial charge in [0.15, 0.2) is 5.82 Å². The van der Waals surface area contributed by atoms with Crippen LogP contribution in [0.2, 0.25) is 0 Å². The molecule has 0 fully saturated rings. The molecule has 0 saturated carbocycles. The largest absolute Gasteiger partial charge is 0.462 e. The van der Waals surface area contributed by atoms with E-state index in [1.54, 1.807) is 37.3 Å². The van der Waals surface area contributed by atoms with E-state index in [4.69, 9.17) is 4.74 Å². The fourth-order valence-corrected chi connectivity index (χ4v) is 2.70. The van der Waals surface area contributed by atoms with Crippen LogP contribution in [0.1, 0.15) is 33.2 Å². The maximum Gasteiger partial charge on any atom is 0.417 e. The van der Waals surface area contributed by atoms with E-state index >= 15 is 0 Å². The number of para-hydroxylation sites is 1. The number of carbonyl (C=O) groups excluding carboxylic acids is 2. The Hall–Kier alpha value is -3.62. The molecule has 0 spiro atoms. The lowest BCUT2D eigenvalue weighted by molar-refractivity contribution is -0.137. The first-order chi connectivity index (χ1) is 13.8. The van der Waals surface area contributed by atoms with Crippen LogP contribution in [0.4, 0.5) is 19.0 Å². The molecule has 9 heteroatoms. The Morgan fingerprint density at radius 1 is 1.03 bits per heavy atom. The van der Waals surface area contributed by atoms with E-state index in [9.17, 15) is 22.8 Å². The highest BCUT2D eigenvalue weighted by Crippen LogP contribution is 2.32. The third-order valence-corrected chi connectivity index (χ3v) is 3.97. The van der Waals surface area contributed by atoms with Gasteiger partial charge in [-0.3, -0.25) is 4.79 Å². The molecule has 1 amide bonds. The lowest BCUT2D eigenvalue weighted by Crippen LogP contribution is -2.21. The van der Waals surface area contributed by atoms with Crippen molar-refractivity contribution in [3.63, 3.8) is 0 Å². The molecule has 6 nitrogen and oxygen atoms in total. The van der Waals surface area contributed by atoms with Crippen molar-refractivity contribution in [3.8, 4) is 5.69 Å². The van der Waals surface area contributed by atoms with Gasteiger partial charge in [-0.15, -0.1) is 0 Å². The van der Waals surface area contributed by atoms with Crippen LogP contribution in [0.25, 0.3) is 5.69 Å². The number of carbonyl (C=O) groups is 2. The van der Waals surface area contributed by atoms with Crippen molar-refractivity contribution >= 4 is 17.7 Å². The van der Waals surface area contributed by atoms with Crippen LogP contribution in [0.3, 0.4) is 0 Å². The van der Waals surface area contributed by atoms with Crippen molar-refractivity contribution in [1.29, 1.82) is 0 Å². The van der Waals surface area contributed by atoms with Gasteiger partial charge in [0, 0.05) is 0 Å². The van der Waals surface area contributed by atoms with E-state index in [-0.39, 0.29) is 18.0 Å². The van der Waals surface area contributed by atoms with Gasteiger partial charge in [0.25, 0.3) is 5.91 Å². The van der Waals surface area contributed by atoms with E-state index in [0.717, 1.165) is 12.1 Å². The van der Waals surface area contributed by atoms with E-state index in [2.05, 4.69) is 10.4 Å². The van der Waals surface area contributed by atoms with Crippen molar-refractivity contribution in [3.05, 3.63) is 77.5 Å². The number of ether oxygens (including phenoxy) is 1. The highest BCUT2D eigenvalue weighted by Gasteiger charge is 2.35. The quantitative estimate of drug-likeness (QED) is 0.644. The first kappa shape index (κ1) is 20.1. The third kappa shape index (κ3) is 4.29. The van der Waals surface area contributed by atoms with Gasteiger partial charge in [0.05, 0.1) is 29.6 Å². The minimum atomic E-state index is -4.71. The molecule has 3 aromatic rings. The molecule has 150 valence electrons. The van der Waals surface area contributed by atoms with Gasteiger partial charge in [-0.25, -0.2) is 9.48 Å². The van der Waals surface area contributed by atoms with Crippen molar-refractivity contribution in [2.75, 3.05) is 11.9 Å². The molecule has 29 heavy (non-hydrogen) atoms. The highest BCUT2D eigenvalue weighted by molar-refractivity contribution is 6.08. The second kappa shape index (κ2) is 8.17. The molecule has 0 unspecified atom stereocenters. The number of nitrogens with one attached hydrogen (secondary N) is 1. The van der Waals surface area contributed by atoms with Crippen molar-refractivity contribution in [2.45, 2.75) is 13.1 Å². The molecule has 0 aliphatic rings. The van der Waals surface area contributed by atoms with Gasteiger partial charge in [-0.1, -0.05) is 30.3 Å². The van der Waals surface area contributed by atoms with Crippen LogP contribution in [0.5, 0.6) is 0 Å². The molecular weight excluding hydrogens is 387 g/mol. The molecule has 1 aromatic heterocycles. The van der Waals surface area contributed by atoms with Gasteiger partial charge >= 0.3 is 12.1 Å². The number of hydrogen-bond acceptors (Lipinski definition) is 4. The minimum Gasteiger partial charge on any atom is -0.462 e. The summed E-state index contributed by atoms with van der Waals surface area (Å²) in [5.41, 5.74) is -1.23. The Morgan fingerprint density at radius 2 is 1.69 bits per heavy atom. The first-order valence-electron chi connectivity index (χ1n) is 8.61. The predicted molar refractivity (Wildman–Crippen MR) is 98.9 cm³/mol. The molecule has 1 N–H and O–H groups in total. The molecule has 0 atom stereocenters. The van der Waals surface area contributed by atoms with Gasteiger partial charge in [0.2, 0.25) is 0 Å². The second-order valence-electron chi connectivity index (χ2n) is 5.87. The maximum atomic E-state index is 13.3. The average Bonchev–Trinajstić information content (AvgIpc) is 3.11. The molecule has 0 aliphatic heterocycles. The van der Waals surface area contributed by atoms with Crippen molar-refractivity contribution in [1.82, 2.24) is 9.78 Å². The van der Waals surface area contributed by atoms with Crippen LogP contribution in [0.15, 0.2) is 60.8 Å². The molecule has 0 radical (unpaired) electrons. The summed E-state index contributed by atoms with van der Waals surface area (Å²) in [5, 5.41) is 6.47. The van der Waals surface area contributed by atoms with Gasteiger partial charge in [0.1, 0.15) is 5.56 Å². The van der Waals surface area contributed by atoms with Crippen molar-refractivity contribution in [2.24, 2.45) is 0 Å². The molecular formula is C20H16F3N3O3. The average molecular weight is 403 g/mol. The van der Waals surface area contributed by atoms with E-state index in [1.165, 1.54) is 23.0 Å². The predicted octanol–water partition coefficient (Wildman–Crippen LogP) is 4.32. The Kier molecular flexibility index (Phi) is 5.67. The lowest BCUT2D eigenvalue weighted by atomic mass is 10.1. The summed E-state index contributed by atoms with van der Waals surface area (Å²) in [5.74, 6) is -1.87. The van der Waals surface area contributed by atoms with Crippen LogP contribution in [0, 0.1) is 0 Å². The summed E-state index contributed by atoms with van der Waals surface area (Å²) in [7, 11) is 0. The van der Waals surface area contributed by atoms with Crippen LogP contribution in [-0.2, 0) is 10.9 Å². The molecule has 0 bridgehead atoms. The summed E-state index contributed by atoms with van der Waals surface area (Å²) < 4.78 is 46.0. The lowest BCUT2D eigenvalue weighted by Gasteiger charge is -2.14. The number of rotatable bonds is 5. The van der Waals surface area contributed by atoms with Gasteiger partial charge in [-0.2, -0.15) is 18.3 Å². The second-order valence-corrected chi connectivity index (χ2v) is 5.87. The number of anilines is 1. The zero-order valence-electron chi connectivity index (χ0n) is 15.2. The van der Waals surface area contributed by atoms with Crippen LogP contribution < -0.4 is 5.32 Å². The smallest absolute Gasteiger partial charge is 0.417 e. The molecule has 3 rings (SSSR count). The highest BCUT2D eigenvalue weighted by atomic mass is 19.4. The zero-order valence-corrected chi connectivity index (χ0v) is 15.2. The third-order valence-electron chi connectivity index (χ3n) is 3.97. The minimum absolute atomic E-state index is 0.0754. The summed E-state index contributed by atoms with van der Waals surface area (Å²) in [6, 6.07) is 12.9. The summed E-state index contributed by atoms with van der Waals surface area (Å²) in [4.78, 5) is 24.9. The number of nitrogens with zero attached hydrogens (tertiary/aromatic N) is 2. The van der Waals surface area contributed by atoms with Gasteiger partial charge in [-0.05, 0) is 31.2 Å². The summed E-state index contributed by atoms with van der Waals surface area (Å²) >= 11 is 0.